The van der Waals surface area contributed by atoms with Gasteiger partial charge in [0, 0.05) is 32.0 Å². The second kappa shape index (κ2) is 10.9. The van der Waals surface area contributed by atoms with Gasteiger partial charge in [0.2, 0.25) is 0 Å². The van der Waals surface area contributed by atoms with Gasteiger partial charge in [-0.15, -0.1) is 0 Å². The van der Waals surface area contributed by atoms with E-state index in [1.165, 1.54) is 18.1 Å². The van der Waals surface area contributed by atoms with Crippen molar-refractivity contribution in [3.05, 3.63) is 72.3 Å². The summed E-state index contributed by atoms with van der Waals surface area (Å²) in [6.07, 6.45) is 13.5. The topological polar surface area (TPSA) is 104 Å². The van der Waals surface area contributed by atoms with Crippen LogP contribution in [0.3, 0.4) is 0 Å². The van der Waals surface area contributed by atoms with Crippen LogP contribution in [0.4, 0.5) is 0 Å². The van der Waals surface area contributed by atoms with Crippen molar-refractivity contribution in [1.29, 1.82) is 0 Å². The van der Waals surface area contributed by atoms with E-state index in [-0.39, 0.29) is 17.2 Å². The molecule has 0 saturated carbocycles. The van der Waals surface area contributed by atoms with Crippen LogP contribution >= 0.6 is 0 Å². The zero-order chi connectivity index (χ0) is 24.8. The Labute approximate surface area is 210 Å². The first-order valence-corrected chi connectivity index (χ1v) is 12.7. The van der Waals surface area contributed by atoms with Crippen LogP contribution in [0.2, 0.25) is 0 Å². The first-order chi connectivity index (χ1) is 17.6. The number of nitrogens with one attached hydrogen (secondary N) is 1. The normalized spacial score (nSPS) is 18.4. The first kappa shape index (κ1) is 24.0. The summed E-state index contributed by atoms with van der Waals surface area (Å²) in [6.45, 7) is 2.79. The number of hydrogen-bond donors (Lipinski definition) is 1. The highest BCUT2D eigenvalue weighted by atomic mass is 16.5. The lowest BCUT2D eigenvalue weighted by molar-refractivity contribution is 0.0323. The number of ether oxygens (including phenoxy) is 1. The Balaban J connectivity index is 1.36. The van der Waals surface area contributed by atoms with Crippen molar-refractivity contribution < 1.29 is 14.3 Å². The average Bonchev–Trinajstić information content (AvgIpc) is 3.46. The second-order valence-corrected chi connectivity index (χ2v) is 9.74. The van der Waals surface area contributed by atoms with Gasteiger partial charge in [-0.25, -0.2) is 9.97 Å². The number of rotatable bonds is 2. The molecule has 2 aliphatic heterocycles. The van der Waals surface area contributed by atoms with Gasteiger partial charge in [0.1, 0.15) is 23.7 Å². The highest BCUT2D eigenvalue weighted by Gasteiger charge is 2.39. The van der Waals surface area contributed by atoms with Gasteiger partial charge >= 0.3 is 0 Å². The third-order valence-electron chi connectivity index (χ3n) is 7.43. The summed E-state index contributed by atoms with van der Waals surface area (Å²) < 4.78 is 6.15. The summed E-state index contributed by atoms with van der Waals surface area (Å²) >= 11 is 0. The second-order valence-electron chi connectivity index (χ2n) is 9.74. The molecule has 1 fully saturated rings. The summed E-state index contributed by atoms with van der Waals surface area (Å²) in [7, 11) is 0. The lowest BCUT2D eigenvalue weighted by Crippen LogP contribution is -2.50. The molecule has 9 heteroatoms. The Hall–Kier alpha value is -3.75. The molecule has 0 aliphatic carbocycles. The smallest absolute Gasteiger partial charge is 0.274 e. The fourth-order valence-corrected chi connectivity index (χ4v) is 5.38. The molecule has 2 aliphatic rings. The van der Waals surface area contributed by atoms with Crippen LogP contribution in [0, 0.1) is 5.41 Å². The number of carbonyl (C=O) groups is 2. The van der Waals surface area contributed by atoms with Gasteiger partial charge in [0.15, 0.2) is 0 Å². The molecule has 1 saturated heterocycles. The molecule has 0 radical (unpaired) electrons. The zero-order valence-corrected chi connectivity index (χ0v) is 20.4. The molecule has 1 aromatic carbocycles. The van der Waals surface area contributed by atoms with E-state index >= 15 is 0 Å². The van der Waals surface area contributed by atoms with Crippen LogP contribution in [-0.4, -0.2) is 74.3 Å². The molecule has 5 rings (SSSR count). The van der Waals surface area contributed by atoms with Crippen molar-refractivity contribution in [1.82, 2.24) is 29.7 Å². The number of hydrogen-bond acceptors (Lipinski definition) is 6. The van der Waals surface area contributed by atoms with Crippen LogP contribution < -0.4 is 4.74 Å². The molecule has 1 spiro atoms. The number of para-hydroxylation sites is 1. The third-order valence-corrected chi connectivity index (χ3v) is 7.43. The number of aryl methyl sites for hydroxylation is 1. The van der Waals surface area contributed by atoms with Gasteiger partial charge in [-0.1, -0.05) is 24.6 Å². The number of amides is 2. The third kappa shape index (κ3) is 5.40. The maximum atomic E-state index is 13.5. The molecule has 2 aromatic heterocycles. The molecule has 0 unspecified atom stereocenters. The summed E-state index contributed by atoms with van der Waals surface area (Å²) in [5, 5.41) is 0. The number of carbonyl (C=O) groups excluding carboxylic acids is 2. The molecule has 0 bridgehead atoms. The SMILES string of the molecule is O=C(c1cnccn1)N1CCOc2ccccc2CCCCC2(CCN(C(=O)c3cnc[nH]3)CC2)C1. The van der Waals surface area contributed by atoms with Crippen molar-refractivity contribution in [3.8, 4) is 5.75 Å². The summed E-state index contributed by atoms with van der Waals surface area (Å²) in [4.78, 5) is 45.4. The highest BCUT2D eigenvalue weighted by Crippen LogP contribution is 2.39. The molecule has 4 heterocycles. The van der Waals surface area contributed by atoms with Gasteiger partial charge < -0.3 is 19.5 Å². The van der Waals surface area contributed by atoms with E-state index in [4.69, 9.17) is 4.74 Å². The molecular formula is C27H32N6O3. The minimum absolute atomic E-state index is 0.0204. The Bertz CT molecular complexity index is 1160. The van der Waals surface area contributed by atoms with Gasteiger partial charge in [-0.05, 0) is 49.1 Å². The molecule has 2 amide bonds. The van der Waals surface area contributed by atoms with Crippen molar-refractivity contribution in [2.24, 2.45) is 5.41 Å². The Morgan fingerprint density at radius 3 is 2.56 bits per heavy atom. The van der Waals surface area contributed by atoms with Crippen LogP contribution in [0.25, 0.3) is 0 Å². The van der Waals surface area contributed by atoms with E-state index in [0.717, 1.165) is 44.3 Å². The Morgan fingerprint density at radius 1 is 0.917 bits per heavy atom. The minimum Gasteiger partial charge on any atom is -0.491 e. The zero-order valence-electron chi connectivity index (χ0n) is 20.4. The number of piperidine rings is 1. The van der Waals surface area contributed by atoms with E-state index in [2.05, 4.69) is 26.0 Å². The number of nitrogens with zero attached hydrogens (tertiary/aromatic N) is 5. The van der Waals surface area contributed by atoms with E-state index in [0.29, 0.717) is 44.2 Å². The number of benzene rings is 1. The molecule has 0 atom stereocenters. The summed E-state index contributed by atoms with van der Waals surface area (Å²) in [5.74, 6) is 0.741. The van der Waals surface area contributed by atoms with Crippen molar-refractivity contribution >= 4 is 11.8 Å². The highest BCUT2D eigenvalue weighted by molar-refractivity contribution is 5.92. The van der Waals surface area contributed by atoms with Crippen LogP contribution in [0.5, 0.6) is 5.75 Å². The number of likely N-dealkylation sites (tertiary alicyclic amines) is 1. The largest absolute Gasteiger partial charge is 0.491 e. The monoisotopic (exact) mass is 488 g/mol. The van der Waals surface area contributed by atoms with Gasteiger partial charge in [-0.3, -0.25) is 14.6 Å². The number of H-pyrrole nitrogens is 1. The molecule has 36 heavy (non-hydrogen) atoms. The summed E-state index contributed by atoms with van der Waals surface area (Å²) in [5.41, 5.74) is 1.99. The van der Waals surface area contributed by atoms with Crippen molar-refractivity contribution in [2.75, 3.05) is 32.8 Å². The van der Waals surface area contributed by atoms with Crippen LogP contribution in [-0.2, 0) is 6.42 Å². The van der Waals surface area contributed by atoms with Crippen LogP contribution in [0.1, 0.15) is 58.6 Å². The van der Waals surface area contributed by atoms with E-state index < -0.39 is 0 Å². The number of aromatic nitrogens is 4. The fourth-order valence-electron chi connectivity index (χ4n) is 5.38. The molecular weight excluding hydrogens is 456 g/mol. The fraction of sp³-hybridized carbons (Fsp3) is 0.444. The van der Waals surface area contributed by atoms with Gasteiger partial charge in [-0.2, -0.15) is 0 Å². The van der Waals surface area contributed by atoms with Crippen LogP contribution in [0.15, 0.2) is 55.4 Å². The maximum absolute atomic E-state index is 13.5. The quantitative estimate of drug-likeness (QED) is 0.593. The minimum atomic E-state index is -0.132. The molecule has 1 N–H and O–H groups in total. The van der Waals surface area contributed by atoms with E-state index in [1.807, 2.05) is 28.0 Å². The standard InChI is InChI=1S/C27H32N6O3/c34-25(23-18-29-20-31-23)32-13-9-27(10-14-32)8-4-3-6-21-5-1-2-7-24(21)36-16-15-33(19-27)26(35)22-17-28-11-12-30-22/h1-2,5,7,11-12,17-18,20H,3-4,6,8-10,13-16,19H2,(H,29,31). The van der Waals surface area contributed by atoms with Crippen molar-refractivity contribution in [3.63, 3.8) is 0 Å². The summed E-state index contributed by atoms with van der Waals surface area (Å²) in [6, 6.07) is 8.16. The lowest BCUT2D eigenvalue weighted by atomic mass is 9.73. The van der Waals surface area contributed by atoms with Crippen molar-refractivity contribution in [2.45, 2.75) is 38.5 Å². The number of imidazole rings is 1. The predicted molar refractivity (Wildman–Crippen MR) is 134 cm³/mol. The molecule has 3 aromatic rings. The first-order valence-electron chi connectivity index (χ1n) is 12.7. The van der Waals surface area contributed by atoms with Gasteiger partial charge in [0.25, 0.3) is 11.8 Å². The molecule has 9 nitrogen and oxygen atoms in total. The maximum Gasteiger partial charge on any atom is 0.274 e. The number of aromatic amines is 1. The van der Waals surface area contributed by atoms with Gasteiger partial charge in [0.05, 0.1) is 25.3 Å². The number of fused-ring (bicyclic) bond motifs is 1. The lowest BCUT2D eigenvalue weighted by Gasteiger charge is -2.44. The average molecular weight is 489 g/mol. The Morgan fingerprint density at radius 2 is 1.78 bits per heavy atom. The van der Waals surface area contributed by atoms with E-state index in [1.54, 1.807) is 18.6 Å². The predicted octanol–water partition coefficient (Wildman–Crippen LogP) is 3.37. The Kier molecular flexibility index (Phi) is 7.25. The van der Waals surface area contributed by atoms with E-state index in [9.17, 15) is 9.59 Å². The molecule has 188 valence electrons.